The van der Waals surface area contributed by atoms with Crippen molar-refractivity contribution in [2.75, 3.05) is 20.3 Å². The van der Waals surface area contributed by atoms with Gasteiger partial charge in [0.1, 0.15) is 5.76 Å². The van der Waals surface area contributed by atoms with E-state index < -0.39 is 0 Å². The monoisotopic (exact) mass is 195 g/mol. The van der Waals surface area contributed by atoms with E-state index in [0.717, 1.165) is 25.3 Å². The van der Waals surface area contributed by atoms with Gasteiger partial charge in [-0.3, -0.25) is 0 Å². The molecule has 3 nitrogen and oxygen atoms in total. The van der Waals surface area contributed by atoms with E-state index in [9.17, 15) is 0 Å². The van der Waals surface area contributed by atoms with Gasteiger partial charge < -0.3 is 14.5 Å². The largest absolute Gasteiger partial charge is 0.467 e. The highest BCUT2D eigenvalue weighted by atomic mass is 16.5. The molecule has 0 saturated heterocycles. The number of nitrogens with one attached hydrogen (secondary N) is 1. The van der Waals surface area contributed by atoms with Gasteiger partial charge in [0.05, 0.1) is 18.9 Å². The minimum Gasteiger partial charge on any atom is -0.467 e. The van der Waals surface area contributed by atoms with Crippen LogP contribution in [0.2, 0.25) is 0 Å². The Morgan fingerprint density at radius 3 is 3.36 bits per heavy atom. The molecule has 2 atom stereocenters. The van der Waals surface area contributed by atoms with E-state index in [1.165, 1.54) is 5.56 Å². The standard InChI is InChI=1S/C11H17NO2/c1-8(7-13-2)10-11-9(3-5-12-10)4-6-14-11/h4,6,8,10,12H,3,5,7H2,1-2H3. The number of methoxy groups -OCH3 is 1. The molecular formula is C11H17NO2. The summed E-state index contributed by atoms with van der Waals surface area (Å²) in [5.74, 6) is 1.55. The van der Waals surface area contributed by atoms with Gasteiger partial charge in [-0.05, 0) is 24.6 Å². The summed E-state index contributed by atoms with van der Waals surface area (Å²) in [5, 5.41) is 3.47. The van der Waals surface area contributed by atoms with Gasteiger partial charge in [-0.15, -0.1) is 0 Å². The third-order valence-electron chi connectivity index (χ3n) is 2.82. The van der Waals surface area contributed by atoms with Crippen LogP contribution in [0, 0.1) is 5.92 Å². The molecule has 1 aromatic heterocycles. The van der Waals surface area contributed by atoms with Crippen LogP contribution in [0.15, 0.2) is 16.7 Å². The third-order valence-corrected chi connectivity index (χ3v) is 2.82. The fourth-order valence-corrected chi connectivity index (χ4v) is 2.10. The van der Waals surface area contributed by atoms with Crippen molar-refractivity contribution >= 4 is 0 Å². The van der Waals surface area contributed by atoms with Gasteiger partial charge in [0.15, 0.2) is 0 Å². The number of fused-ring (bicyclic) bond motifs is 1. The third kappa shape index (κ3) is 1.70. The van der Waals surface area contributed by atoms with Crippen LogP contribution in [0.25, 0.3) is 0 Å². The van der Waals surface area contributed by atoms with Crippen molar-refractivity contribution in [1.82, 2.24) is 5.32 Å². The molecule has 1 aromatic rings. The summed E-state index contributed by atoms with van der Waals surface area (Å²) in [6.07, 6.45) is 2.85. The summed E-state index contributed by atoms with van der Waals surface area (Å²) >= 11 is 0. The Morgan fingerprint density at radius 1 is 1.71 bits per heavy atom. The van der Waals surface area contributed by atoms with E-state index in [2.05, 4.69) is 18.3 Å². The molecule has 78 valence electrons. The average Bonchev–Trinajstić information content (AvgIpc) is 2.65. The zero-order valence-electron chi connectivity index (χ0n) is 8.75. The van der Waals surface area contributed by atoms with Gasteiger partial charge in [0.25, 0.3) is 0 Å². The average molecular weight is 195 g/mol. The fraction of sp³-hybridized carbons (Fsp3) is 0.636. The molecule has 0 radical (unpaired) electrons. The summed E-state index contributed by atoms with van der Waals surface area (Å²) in [6.45, 7) is 3.97. The molecule has 0 spiro atoms. The number of furan rings is 1. The minimum absolute atomic E-state index is 0.314. The molecule has 2 unspecified atom stereocenters. The van der Waals surface area contributed by atoms with E-state index in [4.69, 9.17) is 9.15 Å². The molecule has 1 aliphatic heterocycles. The second-order valence-corrected chi connectivity index (χ2v) is 3.92. The fourth-order valence-electron chi connectivity index (χ4n) is 2.10. The van der Waals surface area contributed by atoms with Crippen LogP contribution in [-0.2, 0) is 11.2 Å². The molecule has 0 aliphatic carbocycles. The first-order valence-electron chi connectivity index (χ1n) is 5.11. The van der Waals surface area contributed by atoms with Crippen LogP contribution in [0.3, 0.4) is 0 Å². The molecule has 0 saturated carbocycles. The molecule has 0 fully saturated rings. The van der Waals surface area contributed by atoms with E-state index in [-0.39, 0.29) is 0 Å². The Morgan fingerprint density at radius 2 is 2.57 bits per heavy atom. The maximum Gasteiger partial charge on any atom is 0.124 e. The zero-order valence-corrected chi connectivity index (χ0v) is 8.75. The first kappa shape index (κ1) is 9.74. The number of rotatable bonds is 3. The topological polar surface area (TPSA) is 34.4 Å². The van der Waals surface area contributed by atoms with Crippen LogP contribution in [0.4, 0.5) is 0 Å². The Kier molecular flexibility index (Phi) is 2.89. The highest BCUT2D eigenvalue weighted by Gasteiger charge is 2.27. The molecule has 2 rings (SSSR count). The molecule has 1 aliphatic rings. The van der Waals surface area contributed by atoms with Crippen LogP contribution in [-0.4, -0.2) is 20.3 Å². The van der Waals surface area contributed by atoms with E-state index in [1.807, 2.05) is 0 Å². The van der Waals surface area contributed by atoms with Gasteiger partial charge in [-0.2, -0.15) is 0 Å². The van der Waals surface area contributed by atoms with Crippen LogP contribution in [0.1, 0.15) is 24.3 Å². The lowest BCUT2D eigenvalue weighted by Gasteiger charge is -2.27. The first-order chi connectivity index (χ1) is 6.83. The number of ether oxygens (including phenoxy) is 1. The quantitative estimate of drug-likeness (QED) is 0.798. The van der Waals surface area contributed by atoms with Crippen LogP contribution < -0.4 is 5.32 Å². The molecule has 14 heavy (non-hydrogen) atoms. The Bertz CT molecular complexity index is 295. The second-order valence-electron chi connectivity index (χ2n) is 3.92. The Labute approximate surface area is 84.4 Å². The molecule has 2 heterocycles. The van der Waals surface area contributed by atoms with Crippen molar-refractivity contribution < 1.29 is 9.15 Å². The summed E-state index contributed by atoms with van der Waals surface area (Å²) in [5.41, 5.74) is 1.34. The SMILES string of the molecule is COCC(C)C1NCCc2ccoc21. The summed E-state index contributed by atoms with van der Waals surface area (Å²) in [6, 6.07) is 2.39. The maximum atomic E-state index is 5.52. The van der Waals surface area contributed by atoms with Crippen molar-refractivity contribution in [3.8, 4) is 0 Å². The lowest BCUT2D eigenvalue weighted by molar-refractivity contribution is 0.131. The highest BCUT2D eigenvalue weighted by molar-refractivity contribution is 5.23. The molecule has 0 aromatic carbocycles. The van der Waals surface area contributed by atoms with Crippen molar-refractivity contribution in [1.29, 1.82) is 0 Å². The predicted molar refractivity (Wildman–Crippen MR) is 54.2 cm³/mol. The Balaban J connectivity index is 2.15. The van der Waals surface area contributed by atoms with Crippen LogP contribution >= 0.6 is 0 Å². The maximum absolute atomic E-state index is 5.52. The second kappa shape index (κ2) is 4.15. The Hall–Kier alpha value is -0.800. The van der Waals surface area contributed by atoms with E-state index >= 15 is 0 Å². The molecule has 3 heteroatoms. The lowest BCUT2D eigenvalue weighted by Crippen LogP contribution is -2.34. The normalized spacial score (nSPS) is 23.1. The van der Waals surface area contributed by atoms with Gasteiger partial charge >= 0.3 is 0 Å². The first-order valence-corrected chi connectivity index (χ1v) is 5.11. The minimum atomic E-state index is 0.314. The van der Waals surface area contributed by atoms with Crippen molar-refractivity contribution in [3.63, 3.8) is 0 Å². The van der Waals surface area contributed by atoms with Gasteiger partial charge in [0, 0.05) is 13.0 Å². The smallest absolute Gasteiger partial charge is 0.124 e. The number of hydrogen-bond donors (Lipinski definition) is 1. The molecule has 0 amide bonds. The predicted octanol–water partition coefficient (Wildman–Crippen LogP) is 1.75. The molecular weight excluding hydrogens is 178 g/mol. The van der Waals surface area contributed by atoms with Gasteiger partial charge in [-0.1, -0.05) is 6.92 Å². The number of hydrogen-bond acceptors (Lipinski definition) is 3. The van der Waals surface area contributed by atoms with Crippen molar-refractivity contribution in [2.24, 2.45) is 5.92 Å². The van der Waals surface area contributed by atoms with Crippen LogP contribution in [0.5, 0.6) is 0 Å². The molecule has 0 bridgehead atoms. The summed E-state index contributed by atoms with van der Waals surface area (Å²) in [4.78, 5) is 0. The van der Waals surface area contributed by atoms with E-state index in [1.54, 1.807) is 13.4 Å². The zero-order chi connectivity index (χ0) is 9.97. The summed E-state index contributed by atoms with van der Waals surface area (Å²) < 4.78 is 10.7. The highest BCUT2D eigenvalue weighted by Crippen LogP contribution is 2.29. The van der Waals surface area contributed by atoms with Gasteiger partial charge in [-0.25, -0.2) is 0 Å². The lowest BCUT2D eigenvalue weighted by atomic mass is 9.94. The summed E-state index contributed by atoms with van der Waals surface area (Å²) in [7, 11) is 1.74. The molecule has 1 N–H and O–H groups in total. The van der Waals surface area contributed by atoms with Crippen molar-refractivity contribution in [3.05, 3.63) is 23.7 Å². The van der Waals surface area contributed by atoms with E-state index in [0.29, 0.717) is 12.0 Å². The van der Waals surface area contributed by atoms with Gasteiger partial charge in [0.2, 0.25) is 0 Å². The van der Waals surface area contributed by atoms with Crippen molar-refractivity contribution in [2.45, 2.75) is 19.4 Å².